The summed E-state index contributed by atoms with van der Waals surface area (Å²) in [6.45, 7) is 11.3. The molecule has 0 aliphatic rings. The third-order valence-electron chi connectivity index (χ3n) is 2.51. The van der Waals surface area contributed by atoms with Crippen LogP contribution in [0.3, 0.4) is 0 Å². The van der Waals surface area contributed by atoms with Crippen molar-refractivity contribution in [3.63, 3.8) is 0 Å². The van der Waals surface area contributed by atoms with Crippen molar-refractivity contribution in [3.8, 4) is 0 Å². The molecule has 16 heavy (non-hydrogen) atoms. The fourth-order valence-electron chi connectivity index (χ4n) is 1.13. The van der Waals surface area contributed by atoms with Crippen LogP contribution in [0.5, 0.6) is 0 Å². The summed E-state index contributed by atoms with van der Waals surface area (Å²) in [7, 11) is -3.53. The van der Waals surface area contributed by atoms with Gasteiger partial charge >= 0.3 is 0 Å². The van der Waals surface area contributed by atoms with Gasteiger partial charge in [-0.25, -0.2) is 0 Å². The zero-order valence-electron chi connectivity index (χ0n) is 11.1. The van der Waals surface area contributed by atoms with Crippen LogP contribution in [0, 0.1) is 5.92 Å². The molecule has 0 amide bonds. The Balaban J connectivity index is 4.83. The molecule has 0 aliphatic carbocycles. The SMILES string of the molecule is CC(C)C(C)(CN)NS(=O)(=O)NC(C)(C)C. The van der Waals surface area contributed by atoms with Crippen LogP contribution in [0.1, 0.15) is 41.5 Å². The molecule has 4 N–H and O–H groups in total. The number of hydrogen-bond acceptors (Lipinski definition) is 3. The van der Waals surface area contributed by atoms with E-state index in [-0.39, 0.29) is 12.5 Å². The van der Waals surface area contributed by atoms with Crippen molar-refractivity contribution in [2.75, 3.05) is 6.54 Å². The van der Waals surface area contributed by atoms with Crippen LogP contribution in [-0.4, -0.2) is 26.0 Å². The lowest BCUT2D eigenvalue weighted by Gasteiger charge is -2.34. The minimum absolute atomic E-state index is 0.119. The van der Waals surface area contributed by atoms with Gasteiger partial charge in [-0.2, -0.15) is 17.9 Å². The summed E-state index contributed by atoms with van der Waals surface area (Å²) >= 11 is 0. The average Bonchev–Trinajstić information content (AvgIpc) is 1.97. The van der Waals surface area contributed by atoms with Gasteiger partial charge in [0.15, 0.2) is 0 Å². The Kier molecular flexibility index (Phi) is 4.94. The fraction of sp³-hybridized carbons (Fsp3) is 1.00. The van der Waals surface area contributed by atoms with Crippen LogP contribution in [0.2, 0.25) is 0 Å². The van der Waals surface area contributed by atoms with E-state index in [1.165, 1.54) is 0 Å². The van der Waals surface area contributed by atoms with Gasteiger partial charge in [-0.15, -0.1) is 0 Å². The van der Waals surface area contributed by atoms with E-state index in [0.29, 0.717) is 0 Å². The molecular weight excluding hydrogens is 226 g/mol. The minimum Gasteiger partial charge on any atom is -0.329 e. The van der Waals surface area contributed by atoms with Crippen LogP contribution in [0.4, 0.5) is 0 Å². The van der Waals surface area contributed by atoms with Gasteiger partial charge in [-0.05, 0) is 33.6 Å². The highest BCUT2D eigenvalue weighted by Gasteiger charge is 2.33. The van der Waals surface area contributed by atoms with Crippen molar-refractivity contribution in [1.29, 1.82) is 0 Å². The van der Waals surface area contributed by atoms with E-state index < -0.39 is 21.3 Å². The quantitative estimate of drug-likeness (QED) is 0.668. The molecule has 0 spiro atoms. The Labute approximate surface area is 99.4 Å². The fourth-order valence-corrected chi connectivity index (χ4v) is 2.92. The lowest BCUT2D eigenvalue weighted by atomic mass is 9.90. The monoisotopic (exact) mass is 251 g/mol. The second-order valence-corrected chi connectivity index (χ2v) is 7.15. The van der Waals surface area contributed by atoms with Crippen molar-refractivity contribution < 1.29 is 8.42 Å². The summed E-state index contributed by atoms with van der Waals surface area (Å²) < 4.78 is 28.9. The Hall–Kier alpha value is -0.170. The average molecular weight is 251 g/mol. The first-order valence-electron chi connectivity index (χ1n) is 5.45. The maximum atomic E-state index is 11.8. The van der Waals surface area contributed by atoms with E-state index in [9.17, 15) is 8.42 Å². The van der Waals surface area contributed by atoms with Gasteiger partial charge in [-0.3, -0.25) is 0 Å². The van der Waals surface area contributed by atoms with Crippen LogP contribution < -0.4 is 15.2 Å². The summed E-state index contributed by atoms with van der Waals surface area (Å²) in [6, 6.07) is 0. The van der Waals surface area contributed by atoms with Crippen molar-refractivity contribution in [1.82, 2.24) is 9.44 Å². The van der Waals surface area contributed by atoms with Crippen LogP contribution >= 0.6 is 0 Å². The van der Waals surface area contributed by atoms with Crippen molar-refractivity contribution >= 4 is 10.2 Å². The molecule has 5 nitrogen and oxygen atoms in total. The van der Waals surface area contributed by atoms with Crippen molar-refractivity contribution in [2.45, 2.75) is 52.6 Å². The molecule has 0 aromatic heterocycles. The molecule has 0 aromatic carbocycles. The second-order valence-electron chi connectivity index (χ2n) is 5.73. The van der Waals surface area contributed by atoms with Gasteiger partial charge in [0.25, 0.3) is 10.2 Å². The topological polar surface area (TPSA) is 84.2 Å². The molecule has 0 bridgehead atoms. The number of hydrogen-bond donors (Lipinski definition) is 3. The Bertz CT molecular complexity index is 319. The number of rotatable bonds is 5. The van der Waals surface area contributed by atoms with Gasteiger partial charge in [0, 0.05) is 17.6 Å². The van der Waals surface area contributed by atoms with E-state index in [1.54, 1.807) is 27.7 Å². The minimum atomic E-state index is -3.53. The van der Waals surface area contributed by atoms with E-state index in [0.717, 1.165) is 0 Å². The van der Waals surface area contributed by atoms with E-state index >= 15 is 0 Å². The molecule has 6 heteroatoms. The molecule has 1 atom stereocenters. The summed E-state index contributed by atoms with van der Waals surface area (Å²) in [5.41, 5.74) is 4.49. The van der Waals surface area contributed by atoms with Gasteiger partial charge in [0.2, 0.25) is 0 Å². The molecule has 1 unspecified atom stereocenters. The maximum absolute atomic E-state index is 11.8. The maximum Gasteiger partial charge on any atom is 0.277 e. The molecule has 0 radical (unpaired) electrons. The first-order chi connectivity index (χ1) is 6.92. The summed E-state index contributed by atoms with van der Waals surface area (Å²) in [4.78, 5) is 0. The number of nitrogens with one attached hydrogen (secondary N) is 2. The molecule has 0 fully saturated rings. The van der Waals surface area contributed by atoms with E-state index in [4.69, 9.17) is 5.73 Å². The van der Waals surface area contributed by atoms with Gasteiger partial charge < -0.3 is 5.73 Å². The summed E-state index contributed by atoms with van der Waals surface area (Å²) in [6.07, 6.45) is 0. The van der Waals surface area contributed by atoms with Gasteiger partial charge in [0.1, 0.15) is 0 Å². The van der Waals surface area contributed by atoms with Crippen LogP contribution in [0.15, 0.2) is 0 Å². The highest BCUT2D eigenvalue weighted by atomic mass is 32.2. The van der Waals surface area contributed by atoms with E-state index in [1.807, 2.05) is 13.8 Å². The lowest BCUT2D eigenvalue weighted by molar-refractivity contribution is 0.310. The van der Waals surface area contributed by atoms with Crippen LogP contribution in [-0.2, 0) is 10.2 Å². The highest BCUT2D eigenvalue weighted by Crippen LogP contribution is 2.16. The molecule has 0 heterocycles. The second kappa shape index (κ2) is 5.00. The summed E-state index contributed by atoms with van der Waals surface area (Å²) in [5, 5.41) is 0. The predicted molar refractivity (Wildman–Crippen MR) is 67.2 cm³/mol. The number of nitrogens with two attached hydrogens (primary N) is 1. The molecule has 0 aliphatic heterocycles. The van der Waals surface area contributed by atoms with Crippen molar-refractivity contribution in [2.24, 2.45) is 11.7 Å². The lowest BCUT2D eigenvalue weighted by Crippen LogP contribution is -2.59. The molecule has 0 rings (SSSR count). The largest absolute Gasteiger partial charge is 0.329 e. The molecule has 98 valence electrons. The predicted octanol–water partition coefficient (Wildman–Crippen LogP) is 0.582. The Morgan fingerprint density at radius 3 is 1.81 bits per heavy atom. The van der Waals surface area contributed by atoms with E-state index in [2.05, 4.69) is 9.44 Å². The molecule has 0 saturated carbocycles. The molecule has 0 aromatic rings. The summed E-state index contributed by atoms with van der Waals surface area (Å²) in [5.74, 6) is 0.119. The first kappa shape index (κ1) is 15.8. The van der Waals surface area contributed by atoms with Crippen molar-refractivity contribution in [3.05, 3.63) is 0 Å². The van der Waals surface area contributed by atoms with Gasteiger partial charge in [0.05, 0.1) is 0 Å². The van der Waals surface area contributed by atoms with Gasteiger partial charge in [-0.1, -0.05) is 13.8 Å². The normalized spacial score (nSPS) is 17.5. The third-order valence-corrected chi connectivity index (χ3v) is 4.12. The Morgan fingerprint density at radius 1 is 1.12 bits per heavy atom. The Morgan fingerprint density at radius 2 is 1.56 bits per heavy atom. The zero-order valence-corrected chi connectivity index (χ0v) is 11.9. The third kappa shape index (κ3) is 5.25. The molecule has 0 saturated heterocycles. The van der Waals surface area contributed by atoms with Crippen LogP contribution in [0.25, 0.3) is 0 Å². The standard InChI is InChI=1S/C10H25N3O2S/c1-8(2)10(6,7-11)13-16(14,15)12-9(3,4)5/h8,12-13H,7,11H2,1-6H3. The first-order valence-corrected chi connectivity index (χ1v) is 6.93. The molecular formula is C10H25N3O2S. The highest BCUT2D eigenvalue weighted by molar-refractivity contribution is 7.87. The zero-order chi connectivity index (χ0) is 13.2. The smallest absolute Gasteiger partial charge is 0.277 e.